The minimum absolute atomic E-state index is 0.0340. The van der Waals surface area contributed by atoms with Crippen molar-refractivity contribution in [3.8, 4) is 45.3 Å². The predicted octanol–water partition coefficient (Wildman–Crippen LogP) is 6.80. The van der Waals surface area contributed by atoms with E-state index in [-0.39, 0.29) is 13.4 Å². The third-order valence-corrected chi connectivity index (χ3v) is 27.2. The fraction of sp³-hybridized carbons (Fsp3) is 0. The lowest BCUT2D eigenvalue weighted by Crippen LogP contribution is -2.87. The van der Waals surface area contributed by atoms with Crippen molar-refractivity contribution in [3.05, 3.63) is 279 Å². The van der Waals surface area contributed by atoms with Crippen LogP contribution in [0, 0.1) is 0 Å². The van der Waals surface area contributed by atoms with Gasteiger partial charge in [-0.1, -0.05) is 278 Å². The minimum Gasteiger partial charge on any atom is -0.458 e. The molecule has 6 heteroatoms. The van der Waals surface area contributed by atoms with Crippen LogP contribution in [0.2, 0.25) is 0 Å². The van der Waals surface area contributed by atoms with Crippen molar-refractivity contribution in [2.24, 2.45) is 0 Å². The SMILES string of the molecule is c1ccc([Si]2(c3ccccc3)c3ccccc3B3c4cccc(-c5ccc(-c6ccc([Si]7(c8ccccc8)c8ccccc8B8c9ccc%10ccccc%10c9Oc9cccc7c98)cc6)cc5)c4Oc4cccc2c43)cc1. The fourth-order valence-corrected chi connectivity index (χ4v) is 24.8. The van der Waals surface area contributed by atoms with E-state index in [1.807, 2.05) is 0 Å². The van der Waals surface area contributed by atoms with Gasteiger partial charge >= 0.3 is 0 Å². The zero-order valence-corrected chi connectivity index (χ0v) is 43.5. The number of rotatable bonds is 6. The van der Waals surface area contributed by atoms with Crippen molar-refractivity contribution < 1.29 is 9.47 Å². The Bertz CT molecular complexity index is 4260. The van der Waals surface area contributed by atoms with Crippen LogP contribution in [0.1, 0.15) is 0 Å². The van der Waals surface area contributed by atoms with Crippen LogP contribution >= 0.6 is 0 Å². The van der Waals surface area contributed by atoms with Gasteiger partial charge in [0.15, 0.2) is 16.1 Å². The number of para-hydroxylation sites is 1. The first-order chi connectivity index (χ1) is 37.7. The van der Waals surface area contributed by atoms with E-state index in [1.165, 1.54) is 90.8 Å². The van der Waals surface area contributed by atoms with Gasteiger partial charge in [0.05, 0.1) is 0 Å². The molecular formula is C70H46B2O2Si2. The molecule has 0 saturated heterocycles. The summed E-state index contributed by atoms with van der Waals surface area (Å²) in [5.41, 5.74) is 12.4. The van der Waals surface area contributed by atoms with Crippen molar-refractivity contribution in [1.29, 1.82) is 0 Å². The summed E-state index contributed by atoms with van der Waals surface area (Å²) in [6.07, 6.45) is 0. The zero-order chi connectivity index (χ0) is 50.0. The third kappa shape index (κ3) is 5.99. The molecule has 0 N–H and O–H groups in total. The summed E-state index contributed by atoms with van der Waals surface area (Å²) in [6, 6.07) is 105. The molecule has 0 aliphatic carbocycles. The lowest BCUT2D eigenvalue weighted by Gasteiger charge is -2.44. The predicted molar refractivity (Wildman–Crippen MR) is 324 cm³/mol. The summed E-state index contributed by atoms with van der Waals surface area (Å²) >= 11 is 0. The highest BCUT2D eigenvalue weighted by atomic mass is 28.3. The molecule has 352 valence electrons. The van der Waals surface area contributed by atoms with E-state index in [2.05, 4.69) is 279 Å². The van der Waals surface area contributed by atoms with E-state index in [0.29, 0.717) is 0 Å². The van der Waals surface area contributed by atoms with E-state index in [9.17, 15) is 0 Å². The zero-order valence-electron chi connectivity index (χ0n) is 41.5. The number of ether oxygens (including phenoxy) is 2. The maximum absolute atomic E-state index is 7.25. The molecule has 0 spiro atoms. The first-order valence-electron chi connectivity index (χ1n) is 26.5. The first-order valence-corrected chi connectivity index (χ1v) is 30.5. The van der Waals surface area contributed by atoms with Gasteiger partial charge in [-0.3, -0.25) is 0 Å². The summed E-state index contributed by atoms with van der Waals surface area (Å²) in [7, 11) is -5.63. The summed E-state index contributed by atoms with van der Waals surface area (Å²) in [4.78, 5) is 0. The normalized spacial score (nSPS) is 15.7. The van der Waals surface area contributed by atoms with Crippen LogP contribution in [-0.2, 0) is 0 Å². The van der Waals surface area contributed by atoms with Crippen molar-refractivity contribution in [2.45, 2.75) is 0 Å². The highest BCUT2D eigenvalue weighted by molar-refractivity contribution is 7.27. The molecule has 0 saturated carbocycles. The Labute approximate surface area is 445 Å². The van der Waals surface area contributed by atoms with Crippen LogP contribution in [0.4, 0.5) is 0 Å². The summed E-state index contributed by atoms with van der Waals surface area (Å²) < 4.78 is 14.3. The lowest BCUT2D eigenvalue weighted by atomic mass is 9.35. The van der Waals surface area contributed by atoms with Gasteiger partial charge in [0, 0.05) is 10.9 Å². The van der Waals surface area contributed by atoms with Gasteiger partial charge in [0.1, 0.15) is 23.0 Å². The summed E-state index contributed by atoms with van der Waals surface area (Å²) in [5.74, 6) is 3.82. The van der Waals surface area contributed by atoms with Crippen molar-refractivity contribution in [1.82, 2.24) is 0 Å². The number of hydrogen-bond donors (Lipinski definition) is 0. The van der Waals surface area contributed by atoms with Gasteiger partial charge in [-0.25, -0.2) is 0 Å². The monoisotopic (exact) mass is 996 g/mol. The smallest absolute Gasteiger partial charge is 0.250 e. The van der Waals surface area contributed by atoms with Crippen LogP contribution in [0.15, 0.2) is 279 Å². The molecule has 0 bridgehead atoms. The lowest BCUT2D eigenvalue weighted by molar-refractivity contribution is 0.489. The molecule has 1 atom stereocenters. The van der Waals surface area contributed by atoms with Crippen molar-refractivity contribution in [2.75, 3.05) is 0 Å². The first kappa shape index (κ1) is 43.5. The number of hydrogen-bond acceptors (Lipinski definition) is 2. The van der Waals surface area contributed by atoms with Gasteiger partial charge in [-0.15, -0.1) is 0 Å². The summed E-state index contributed by atoms with van der Waals surface area (Å²) in [5, 5.41) is 13.5. The molecule has 0 amide bonds. The quantitative estimate of drug-likeness (QED) is 0.171. The van der Waals surface area contributed by atoms with E-state index in [0.717, 1.165) is 39.5 Å². The molecule has 2 nitrogen and oxygen atoms in total. The second-order valence-electron chi connectivity index (χ2n) is 20.9. The molecule has 0 aromatic heterocycles. The molecule has 12 aromatic rings. The largest absolute Gasteiger partial charge is 0.458 e. The third-order valence-electron chi connectivity index (χ3n) is 17.3. The highest BCUT2D eigenvalue weighted by Gasteiger charge is 2.54. The topological polar surface area (TPSA) is 18.5 Å². The molecule has 0 radical (unpaired) electrons. The van der Waals surface area contributed by atoms with Crippen molar-refractivity contribution >= 4 is 115 Å². The molecule has 12 aromatic carbocycles. The Hall–Kier alpha value is -8.94. The maximum Gasteiger partial charge on any atom is 0.250 e. The minimum atomic E-state index is -2.89. The second-order valence-corrected chi connectivity index (χ2v) is 28.3. The van der Waals surface area contributed by atoms with Crippen LogP contribution in [0.25, 0.3) is 33.0 Å². The van der Waals surface area contributed by atoms with Gasteiger partial charge < -0.3 is 9.47 Å². The van der Waals surface area contributed by atoms with Crippen LogP contribution in [0.5, 0.6) is 23.0 Å². The van der Waals surface area contributed by atoms with E-state index in [1.54, 1.807) is 0 Å². The Morgan fingerprint density at radius 2 is 0.671 bits per heavy atom. The average molecular weight is 997 g/mol. The molecule has 16 rings (SSSR count). The Kier molecular flexibility index (Phi) is 9.60. The van der Waals surface area contributed by atoms with E-state index < -0.39 is 16.1 Å². The fourth-order valence-electron chi connectivity index (χ4n) is 14.3. The van der Waals surface area contributed by atoms with E-state index >= 15 is 0 Å². The van der Waals surface area contributed by atoms with Gasteiger partial charge in [-0.2, -0.15) is 0 Å². The molecule has 76 heavy (non-hydrogen) atoms. The van der Waals surface area contributed by atoms with Gasteiger partial charge in [0.25, 0.3) is 13.4 Å². The maximum atomic E-state index is 7.25. The highest BCUT2D eigenvalue weighted by Crippen LogP contribution is 2.37. The van der Waals surface area contributed by atoms with E-state index in [4.69, 9.17) is 9.47 Å². The Morgan fingerprint density at radius 3 is 1.24 bits per heavy atom. The second kappa shape index (κ2) is 16.8. The van der Waals surface area contributed by atoms with Crippen molar-refractivity contribution in [3.63, 3.8) is 0 Å². The van der Waals surface area contributed by atoms with Crippen LogP contribution in [0.3, 0.4) is 0 Å². The summed E-state index contributed by atoms with van der Waals surface area (Å²) in [6.45, 7) is 0.0938. The average Bonchev–Trinajstić information content (AvgIpc) is 3.66. The molecule has 0 fully saturated rings. The van der Waals surface area contributed by atoms with Gasteiger partial charge in [-0.05, 0) is 97.6 Å². The Morgan fingerprint density at radius 1 is 0.263 bits per heavy atom. The molecule has 4 aliphatic heterocycles. The Balaban J connectivity index is 0.790. The van der Waals surface area contributed by atoms with Crippen LogP contribution < -0.4 is 83.7 Å². The van der Waals surface area contributed by atoms with Crippen LogP contribution in [-0.4, -0.2) is 29.6 Å². The molecule has 4 aliphatic rings. The van der Waals surface area contributed by atoms with Gasteiger partial charge in [0.2, 0.25) is 0 Å². The number of benzene rings is 12. The molecule has 1 unspecified atom stereocenters. The molecular weight excluding hydrogens is 951 g/mol. The number of fused-ring (bicyclic) bond motifs is 10. The standard InChI is InChI=1S/C70H46B2O2Si2/c1-4-20-51(21-5-1)75(52-22-6-2-7-23-52)63-33-14-12-28-57(63)71-59-30-16-27-56(69(59)73-61-31-17-35-65(75)67(61)71)50-39-37-47(38-40-50)48-41-44-54(45-42-48)76(53-24-8-3-9-25-53)64-34-15-13-29-58(64)72-60-46-43-49-19-10-11-26-55(49)70(60)74-62-32-18-36-66(76)68(62)72/h1-46H. The molecule has 4 heterocycles.